The van der Waals surface area contributed by atoms with Crippen molar-refractivity contribution in [3.63, 3.8) is 0 Å². The van der Waals surface area contributed by atoms with Crippen molar-refractivity contribution in [2.24, 2.45) is 5.14 Å². The molecule has 0 unspecified atom stereocenters. The van der Waals surface area contributed by atoms with E-state index in [9.17, 15) is 21.6 Å². The zero-order valence-corrected chi connectivity index (χ0v) is 19.3. The van der Waals surface area contributed by atoms with Gasteiger partial charge in [0.05, 0.1) is 16.5 Å². The lowest BCUT2D eigenvalue weighted by molar-refractivity contribution is -0.143. The number of hydrogen-bond acceptors (Lipinski definition) is 4. The van der Waals surface area contributed by atoms with Gasteiger partial charge >= 0.3 is 6.18 Å². The first-order valence-corrected chi connectivity index (χ1v) is 11.5. The summed E-state index contributed by atoms with van der Waals surface area (Å²) in [4.78, 5) is 1.56. The number of benzene rings is 2. The largest absolute Gasteiger partial charge is 0.433 e. The van der Waals surface area contributed by atoms with E-state index in [2.05, 4.69) is 5.10 Å². The van der Waals surface area contributed by atoms with Gasteiger partial charge in [0.15, 0.2) is 5.69 Å². The van der Waals surface area contributed by atoms with E-state index in [1.807, 2.05) is 0 Å². The molecule has 172 valence electrons. The van der Waals surface area contributed by atoms with Crippen LogP contribution in [0, 0.1) is 0 Å². The second kappa shape index (κ2) is 9.03. The van der Waals surface area contributed by atoms with Crippen molar-refractivity contribution in [3.05, 3.63) is 58.2 Å². The van der Waals surface area contributed by atoms with Crippen LogP contribution in [-0.2, 0) is 22.7 Å². The average molecular weight is 507 g/mol. The molecule has 0 amide bonds. The van der Waals surface area contributed by atoms with Crippen molar-refractivity contribution in [3.8, 4) is 22.4 Å². The summed E-state index contributed by atoms with van der Waals surface area (Å²) in [6.07, 6.45) is -4.74. The van der Waals surface area contributed by atoms with Crippen LogP contribution in [-0.4, -0.2) is 43.7 Å². The van der Waals surface area contributed by atoms with Crippen LogP contribution in [0.25, 0.3) is 22.4 Å². The minimum atomic E-state index is -4.74. The first-order chi connectivity index (χ1) is 14.8. The Labute approximate surface area is 193 Å². The monoisotopic (exact) mass is 506 g/mol. The molecule has 0 bridgehead atoms. The minimum absolute atomic E-state index is 0.00118. The summed E-state index contributed by atoms with van der Waals surface area (Å²) in [6.45, 7) is 0.275. The predicted molar refractivity (Wildman–Crippen MR) is 118 cm³/mol. The third-order valence-electron chi connectivity index (χ3n) is 4.64. The SMILES string of the molecule is CN(C)CCn1nc(-c2ccc(S(N)(=O)=O)cc2)c(-c2ccc(Cl)cc2Cl)c1C(F)(F)F. The molecule has 3 rings (SSSR count). The molecule has 0 saturated heterocycles. The zero-order valence-electron chi connectivity index (χ0n) is 17.0. The normalized spacial score (nSPS) is 12.5. The summed E-state index contributed by atoms with van der Waals surface area (Å²) >= 11 is 12.2. The number of primary sulfonamides is 1. The van der Waals surface area contributed by atoms with Gasteiger partial charge in [0.25, 0.3) is 0 Å². The van der Waals surface area contributed by atoms with Crippen LogP contribution in [0.1, 0.15) is 5.69 Å². The third kappa shape index (κ3) is 5.26. The van der Waals surface area contributed by atoms with Crippen LogP contribution < -0.4 is 5.14 Å². The van der Waals surface area contributed by atoms with Gasteiger partial charge < -0.3 is 4.90 Å². The highest BCUT2D eigenvalue weighted by Gasteiger charge is 2.41. The molecular formula is C20H19Cl2F3N4O2S. The Bertz CT molecular complexity index is 1240. The molecule has 0 radical (unpaired) electrons. The van der Waals surface area contributed by atoms with Crippen molar-refractivity contribution in [1.82, 2.24) is 14.7 Å². The smallest absolute Gasteiger partial charge is 0.308 e. The molecule has 3 aromatic rings. The molecule has 2 aromatic carbocycles. The summed E-state index contributed by atoms with van der Waals surface area (Å²) in [5, 5.41) is 9.67. The summed E-state index contributed by atoms with van der Waals surface area (Å²) < 4.78 is 66.7. The van der Waals surface area contributed by atoms with Crippen molar-refractivity contribution < 1.29 is 21.6 Å². The highest BCUT2D eigenvalue weighted by atomic mass is 35.5. The van der Waals surface area contributed by atoms with Gasteiger partial charge in [-0.3, -0.25) is 4.68 Å². The fourth-order valence-corrected chi connectivity index (χ4v) is 4.18. The van der Waals surface area contributed by atoms with Gasteiger partial charge in [0.1, 0.15) is 5.69 Å². The van der Waals surface area contributed by atoms with E-state index >= 15 is 0 Å². The molecule has 6 nitrogen and oxygen atoms in total. The number of alkyl halides is 3. The molecule has 0 aliphatic carbocycles. The van der Waals surface area contributed by atoms with E-state index in [-0.39, 0.29) is 43.9 Å². The Kier molecular flexibility index (Phi) is 6.92. The molecule has 0 fully saturated rings. The fraction of sp³-hybridized carbons (Fsp3) is 0.250. The van der Waals surface area contributed by atoms with E-state index < -0.39 is 21.9 Å². The van der Waals surface area contributed by atoms with Crippen molar-refractivity contribution >= 4 is 33.2 Å². The number of sulfonamides is 1. The lowest BCUT2D eigenvalue weighted by Crippen LogP contribution is -2.23. The number of aromatic nitrogens is 2. The first-order valence-electron chi connectivity index (χ1n) is 9.20. The number of halogens is 5. The average Bonchev–Trinajstić information content (AvgIpc) is 3.05. The summed E-state index contributed by atoms with van der Waals surface area (Å²) in [5.41, 5.74) is -0.811. The zero-order chi connectivity index (χ0) is 23.8. The van der Waals surface area contributed by atoms with Gasteiger partial charge in [-0.15, -0.1) is 0 Å². The second-order valence-electron chi connectivity index (χ2n) is 7.29. The van der Waals surface area contributed by atoms with Crippen LogP contribution >= 0.6 is 23.2 Å². The van der Waals surface area contributed by atoms with E-state index in [1.54, 1.807) is 19.0 Å². The van der Waals surface area contributed by atoms with E-state index in [1.165, 1.54) is 42.5 Å². The quantitative estimate of drug-likeness (QED) is 0.522. The Hall–Kier alpha value is -2.11. The van der Waals surface area contributed by atoms with Crippen molar-refractivity contribution in [2.45, 2.75) is 17.6 Å². The molecule has 12 heteroatoms. The molecule has 0 atom stereocenters. The molecule has 0 saturated carbocycles. The number of nitrogens with two attached hydrogens (primary N) is 1. The first kappa shape index (κ1) is 24.5. The number of likely N-dealkylation sites (N-methyl/N-ethyl adjacent to an activating group) is 1. The van der Waals surface area contributed by atoms with Gasteiger partial charge in [-0.25, -0.2) is 13.6 Å². The minimum Gasteiger partial charge on any atom is -0.308 e. The van der Waals surface area contributed by atoms with Crippen molar-refractivity contribution in [1.29, 1.82) is 0 Å². The molecule has 1 heterocycles. The summed E-state index contributed by atoms with van der Waals surface area (Å²) in [7, 11) is -0.493. The van der Waals surface area contributed by atoms with Crippen LogP contribution in [0.5, 0.6) is 0 Å². The molecule has 1 aromatic heterocycles. The molecular weight excluding hydrogens is 488 g/mol. The molecule has 2 N–H and O–H groups in total. The third-order valence-corrected chi connectivity index (χ3v) is 6.11. The number of hydrogen-bond donors (Lipinski definition) is 1. The summed E-state index contributed by atoms with van der Waals surface area (Å²) in [5.74, 6) is 0. The highest BCUT2D eigenvalue weighted by molar-refractivity contribution is 7.89. The number of rotatable bonds is 6. The lowest BCUT2D eigenvalue weighted by atomic mass is 9.98. The van der Waals surface area contributed by atoms with E-state index in [0.29, 0.717) is 6.54 Å². The Morgan fingerprint density at radius 2 is 1.72 bits per heavy atom. The fourth-order valence-electron chi connectivity index (χ4n) is 3.16. The number of nitrogens with zero attached hydrogens (tertiary/aromatic N) is 3. The van der Waals surface area contributed by atoms with E-state index in [4.69, 9.17) is 28.3 Å². The van der Waals surface area contributed by atoms with Crippen LogP contribution in [0.3, 0.4) is 0 Å². The Morgan fingerprint density at radius 1 is 1.09 bits per heavy atom. The van der Waals surface area contributed by atoms with Crippen LogP contribution in [0.2, 0.25) is 10.0 Å². The Morgan fingerprint density at radius 3 is 2.22 bits per heavy atom. The lowest BCUT2D eigenvalue weighted by Gasteiger charge is -2.15. The topological polar surface area (TPSA) is 81.2 Å². The maximum atomic E-state index is 14.2. The summed E-state index contributed by atoms with van der Waals surface area (Å²) in [6, 6.07) is 9.32. The van der Waals surface area contributed by atoms with Gasteiger partial charge in [0, 0.05) is 28.3 Å². The van der Waals surface area contributed by atoms with Crippen molar-refractivity contribution in [2.75, 3.05) is 20.6 Å². The van der Waals surface area contributed by atoms with Crippen LogP contribution in [0.15, 0.2) is 47.4 Å². The van der Waals surface area contributed by atoms with E-state index in [0.717, 1.165) is 4.68 Å². The van der Waals surface area contributed by atoms with Gasteiger partial charge in [-0.2, -0.15) is 18.3 Å². The van der Waals surface area contributed by atoms with Gasteiger partial charge in [-0.1, -0.05) is 41.4 Å². The molecule has 0 aliphatic rings. The van der Waals surface area contributed by atoms with Gasteiger partial charge in [0.2, 0.25) is 10.0 Å². The van der Waals surface area contributed by atoms with Gasteiger partial charge in [-0.05, 0) is 38.4 Å². The van der Waals surface area contributed by atoms with Crippen LogP contribution in [0.4, 0.5) is 13.2 Å². The maximum Gasteiger partial charge on any atom is 0.433 e. The second-order valence-corrected chi connectivity index (χ2v) is 9.70. The predicted octanol–water partition coefficient (Wildman–Crippen LogP) is 4.75. The molecule has 32 heavy (non-hydrogen) atoms. The standard InChI is InChI=1S/C20H19Cl2F3N4O2S/c1-28(2)9-10-29-19(20(23,24)25)17(15-8-5-13(21)11-16(15)22)18(27-29)12-3-6-14(7-4-12)32(26,30)31/h3-8,11H,9-10H2,1-2H3,(H2,26,30,31). The Balaban J connectivity index is 2.32. The molecule has 0 aliphatic heterocycles. The molecule has 0 spiro atoms. The maximum absolute atomic E-state index is 14.2. The highest BCUT2D eigenvalue weighted by Crippen LogP contribution is 2.45.